The lowest BCUT2D eigenvalue weighted by molar-refractivity contribution is -0.122. The van der Waals surface area contributed by atoms with Crippen molar-refractivity contribution in [3.63, 3.8) is 0 Å². The summed E-state index contributed by atoms with van der Waals surface area (Å²) in [6, 6.07) is 2.66. The highest BCUT2D eigenvalue weighted by atomic mass is 19.1. The van der Waals surface area contributed by atoms with Crippen molar-refractivity contribution in [1.82, 2.24) is 5.32 Å². The van der Waals surface area contributed by atoms with Crippen LogP contribution in [0.5, 0.6) is 0 Å². The van der Waals surface area contributed by atoms with Crippen LogP contribution in [0.4, 0.5) is 10.1 Å². The molecular weight excluding hydrogens is 255 g/mol. The van der Waals surface area contributed by atoms with Crippen LogP contribution < -0.4 is 10.6 Å². The van der Waals surface area contributed by atoms with E-state index < -0.39 is 29.3 Å². The van der Waals surface area contributed by atoms with Gasteiger partial charge in [-0.2, -0.15) is 0 Å². The zero-order chi connectivity index (χ0) is 14.0. The smallest absolute Gasteiger partial charge is 0.338 e. The summed E-state index contributed by atoms with van der Waals surface area (Å²) in [6.07, 6.45) is 0.671. The lowest BCUT2D eigenvalue weighted by Gasteiger charge is -2.11. The number of carboxylic acid groups (broad SMARTS) is 1. The van der Waals surface area contributed by atoms with Crippen LogP contribution in [0.1, 0.15) is 23.2 Å². The Morgan fingerprint density at radius 3 is 2.68 bits per heavy atom. The second-order valence-corrected chi connectivity index (χ2v) is 4.15. The first-order valence-electron chi connectivity index (χ1n) is 5.60. The standard InChI is InChI=1S/C12H11FN2O4/c13-8-5-6(1-2-7(8)12(18)19)14-11(17)9-3-4-10(16)15-9/h1-2,5,9H,3-4H2,(H,14,17)(H,15,16)(H,18,19)/t9-/m1/s1. The van der Waals surface area contributed by atoms with Gasteiger partial charge >= 0.3 is 5.97 Å². The van der Waals surface area contributed by atoms with E-state index in [0.29, 0.717) is 6.42 Å². The number of nitrogens with one attached hydrogen (secondary N) is 2. The number of hydrogen-bond donors (Lipinski definition) is 3. The van der Waals surface area contributed by atoms with E-state index in [1.807, 2.05) is 0 Å². The third-order valence-electron chi connectivity index (χ3n) is 2.78. The maximum absolute atomic E-state index is 13.4. The normalized spacial score (nSPS) is 17.9. The van der Waals surface area contributed by atoms with E-state index in [2.05, 4.69) is 10.6 Å². The summed E-state index contributed by atoms with van der Waals surface area (Å²) in [6.45, 7) is 0. The van der Waals surface area contributed by atoms with Crippen molar-refractivity contribution in [2.75, 3.05) is 5.32 Å². The van der Waals surface area contributed by atoms with Crippen molar-refractivity contribution in [3.8, 4) is 0 Å². The van der Waals surface area contributed by atoms with Crippen molar-refractivity contribution in [2.45, 2.75) is 18.9 Å². The molecule has 0 radical (unpaired) electrons. The molecule has 0 aromatic heterocycles. The largest absolute Gasteiger partial charge is 0.478 e. The Hall–Kier alpha value is -2.44. The van der Waals surface area contributed by atoms with Crippen LogP contribution in [0.25, 0.3) is 0 Å². The van der Waals surface area contributed by atoms with Crippen LogP contribution in [0.3, 0.4) is 0 Å². The summed E-state index contributed by atoms with van der Waals surface area (Å²) in [5.74, 6) is -2.96. The number of aromatic carboxylic acids is 1. The zero-order valence-electron chi connectivity index (χ0n) is 9.77. The van der Waals surface area contributed by atoms with E-state index in [1.165, 1.54) is 6.07 Å². The molecule has 1 atom stereocenters. The van der Waals surface area contributed by atoms with Gasteiger partial charge in [0.1, 0.15) is 11.9 Å². The van der Waals surface area contributed by atoms with Gasteiger partial charge in [-0.05, 0) is 24.6 Å². The Bertz CT molecular complexity index is 559. The third-order valence-corrected chi connectivity index (χ3v) is 2.78. The van der Waals surface area contributed by atoms with E-state index in [4.69, 9.17) is 5.11 Å². The van der Waals surface area contributed by atoms with Gasteiger partial charge in [0.05, 0.1) is 5.56 Å². The van der Waals surface area contributed by atoms with Gasteiger partial charge in [-0.1, -0.05) is 0 Å². The first-order chi connectivity index (χ1) is 8.97. The fourth-order valence-electron chi connectivity index (χ4n) is 1.81. The predicted molar refractivity (Wildman–Crippen MR) is 63.2 cm³/mol. The van der Waals surface area contributed by atoms with Gasteiger partial charge < -0.3 is 15.7 Å². The molecule has 1 saturated heterocycles. The van der Waals surface area contributed by atoms with E-state index in [0.717, 1.165) is 12.1 Å². The van der Waals surface area contributed by atoms with Gasteiger partial charge in [-0.3, -0.25) is 9.59 Å². The average Bonchev–Trinajstić information content (AvgIpc) is 2.75. The number of hydrogen-bond acceptors (Lipinski definition) is 3. The molecule has 1 aliphatic heterocycles. The summed E-state index contributed by atoms with van der Waals surface area (Å²) >= 11 is 0. The Morgan fingerprint density at radius 2 is 2.16 bits per heavy atom. The molecule has 1 heterocycles. The van der Waals surface area contributed by atoms with Crippen molar-refractivity contribution < 1.29 is 23.9 Å². The highest BCUT2D eigenvalue weighted by Gasteiger charge is 2.27. The Morgan fingerprint density at radius 1 is 1.42 bits per heavy atom. The minimum absolute atomic E-state index is 0.147. The summed E-state index contributed by atoms with van der Waals surface area (Å²) in [5, 5.41) is 13.6. The highest BCUT2D eigenvalue weighted by molar-refractivity contribution is 5.99. The zero-order valence-corrected chi connectivity index (χ0v) is 9.77. The second kappa shape index (κ2) is 5.05. The van der Waals surface area contributed by atoms with E-state index in [9.17, 15) is 18.8 Å². The fraction of sp³-hybridized carbons (Fsp3) is 0.250. The monoisotopic (exact) mass is 266 g/mol. The number of benzene rings is 1. The van der Waals surface area contributed by atoms with Gasteiger partial charge in [-0.25, -0.2) is 9.18 Å². The molecule has 0 spiro atoms. The van der Waals surface area contributed by atoms with Crippen LogP contribution >= 0.6 is 0 Å². The molecule has 2 rings (SSSR count). The molecule has 1 aromatic carbocycles. The average molecular weight is 266 g/mol. The number of rotatable bonds is 3. The van der Waals surface area contributed by atoms with Gasteiger partial charge in [-0.15, -0.1) is 0 Å². The quantitative estimate of drug-likeness (QED) is 0.752. The molecule has 3 N–H and O–H groups in total. The molecule has 0 aliphatic carbocycles. The molecule has 0 saturated carbocycles. The van der Waals surface area contributed by atoms with Crippen molar-refractivity contribution in [1.29, 1.82) is 0 Å². The van der Waals surface area contributed by atoms with Crippen LogP contribution in [0, 0.1) is 5.82 Å². The lowest BCUT2D eigenvalue weighted by atomic mass is 10.1. The van der Waals surface area contributed by atoms with Crippen molar-refractivity contribution in [2.24, 2.45) is 0 Å². The fourth-order valence-corrected chi connectivity index (χ4v) is 1.81. The number of anilines is 1. The number of amides is 2. The van der Waals surface area contributed by atoms with Gasteiger partial charge in [0.25, 0.3) is 0 Å². The van der Waals surface area contributed by atoms with Gasteiger partial charge in [0.2, 0.25) is 11.8 Å². The maximum Gasteiger partial charge on any atom is 0.338 e. The number of carbonyl (C=O) groups excluding carboxylic acids is 2. The highest BCUT2D eigenvalue weighted by Crippen LogP contribution is 2.16. The minimum Gasteiger partial charge on any atom is -0.478 e. The van der Waals surface area contributed by atoms with Crippen LogP contribution in [-0.2, 0) is 9.59 Å². The van der Waals surface area contributed by atoms with Crippen molar-refractivity contribution >= 4 is 23.5 Å². The predicted octanol–water partition coefficient (Wildman–Crippen LogP) is 0.741. The van der Waals surface area contributed by atoms with Gasteiger partial charge in [0, 0.05) is 12.1 Å². The molecule has 1 aromatic rings. The first kappa shape index (κ1) is 13.0. The summed E-state index contributed by atoms with van der Waals surface area (Å²) < 4.78 is 13.4. The molecule has 1 aliphatic rings. The SMILES string of the molecule is O=C1CC[C@H](C(=O)Nc2ccc(C(=O)O)c(F)c2)N1. The van der Waals surface area contributed by atoms with Gasteiger partial charge in [0.15, 0.2) is 0 Å². The van der Waals surface area contributed by atoms with E-state index in [1.54, 1.807) is 0 Å². The van der Waals surface area contributed by atoms with Crippen molar-refractivity contribution in [3.05, 3.63) is 29.6 Å². The maximum atomic E-state index is 13.4. The molecule has 2 amide bonds. The Kier molecular flexibility index (Phi) is 3.46. The summed E-state index contributed by atoms with van der Waals surface area (Å²) in [7, 11) is 0. The lowest BCUT2D eigenvalue weighted by Crippen LogP contribution is -2.37. The van der Waals surface area contributed by atoms with E-state index >= 15 is 0 Å². The van der Waals surface area contributed by atoms with Crippen LogP contribution in [0.2, 0.25) is 0 Å². The number of carbonyl (C=O) groups is 3. The van der Waals surface area contributed by atoms with E-state index in [-0.39, 0.29) is 18.0 Å². The second-order valence-electron chi connectivity index (χ2n) is 4.15. The number of halogens is 1. The molecule has 0 bridgehead atoms. The molecule has 6 nitrogen and oxygen atoms in total. The number of carboxylic acids is 1. The summed E-state index contributed by atoms with van der Waals surface area (Å²) in [5.41, 5.74) is -0.319. The first-order valence-corrected chi connectivity index (χ1v) is 5.60. The third kappa shape index (κ3) is 2.87. The molecule has 7 heteroatoms. The molecule has 1 fully saturated rings. The minimum atomic E-state index is -1.38. The topological polar surface area (TPSA) is 95.5 Å². The Balaban J connectivity index is 2.07. The molecule has 0 unspecified atom stereocenters. The molecule has 100 valence electrons. The summed E-state index contributed by atoms with van der Waals surface area (Å²) in [4.78, 5) is 33.3. The van der Waals surface area contributed by atoms with Crippen LogP contribution in [-0.4, -0.2) is 28.9 Å². The molecule has 19 heavy (non-hydrogen) atoms. The van der Waals surface area contributed by atoms with Crippen LogP contribution in [0.15, 0.2) is 18.2 Å². The molecular formula is C12H11FN2O4. The Labute approximate surface area is 107 Å².